The predicted octanol–water partition coefficient (Wildman–Crippen LogP) is 2.12. The Labute approximate surface area is 202 Å². The number of methoxy groups -OCH3 is 1. The summed E-state index contributed by atoms with van der Waals surface area (Å²) < 4.78 is 15.6. The van der Waals surface area contributed by atoms with E-state index in [1.54, 1.807) is 39.8 Å². The minimum atomic E-state index is -2.04. The monoisotopic (exact) mass is 490 g/mol. The first-order valence-corrected chi connectivity index (χ1v) is 11.0. The molecule has 0 radical (unpaired) electrons. The molecule has 2 aliphatic heterocycles. The van der Waals surface area contributed by atoms with Gasteiger partial charge in [0.25, 0.3) is 5.91 Å². The number of hydrogen-bond donors (Lipinski definition) is 0. The third kappa shape index (κ3) is 3.64. The van der Waals surface area contributed by atoms with Crippen LogP contribution in [0.3, 0.4) is 0 Å². The first-order chi connectivity index (χ1) is 15.8. The highest BCUT2D eigenvalue weighted by atomic mass is 32.1. The molecule has 0 unspecified atom stereocenters. The van der Waals surface area contributed by atoms with Gasteiger partial charge >= 0.3 is 18.0 Å². The van der Waals surface area contributed by atoms with Crippen molar-refractivity contribution in [3.63, 3.8) is 0 Å². The molecule has 0 saturated carbocycles. The van der Waals surface area contributed by atoms with Crippen molar-refractivity contribution in [2.45, 2.75) is 51.7 Å². The standard InChI is InChI=1S/C23H26N2O8S/c1-7-32-17(27)15-16(18(28)31-6)25(21(30)33-22(3,4)5)20(34)23(15)13-10-8-9-11-14(13)24(12(2)26)19(23)29/h8-11,15-16H,7H2,1-6H3/t15-,16-,23-/m0/s1. The number of amides is 3. The molecule has 0 bridgehead atoms. The van der Waals surface area contributed by atoms with Crippen LogP contribution in [0, 0.1) is 5.92 Å². The highest BCUT2D eigenvalue weighted by Gasteiger charge is 2.73. The maximum Gasteiger partial charge on any atom is 0.416 e. The minimum Gasteiger partial charge on any atom is -0.467 e. The summed E-state index contributed by atoms with van der Waals surface area (Å²) in [5.74, 6) is -5.03. The summed E-state index contributed by atoms with van der Waals surface area (Å²) >= 11 is 5.65. The van der Waals surface area contributed by atoms with Crippen LogP contribution in [0.25, 0.3) is 0 Å². The van der Waals surface area contributed by atoms with E-state index < -0.39 is 52.8 Å². The number of fused-ring (bicyclic) bond motifs is 2. The summed E-state index contributed by atoms with van der Waals surface area (Å²) in [5.41, 5.74) is -2.62. The molecule has 34 heavy (non-hydrogen) atoms. The largest absolute Gasteiger partial charge is 0.467 e. The fourth-order valence-electron chi connectivity index (χ4n) is 4.47. The third-order valence-corrected chi connectivity index (χ3v) is 6.13. The zero-order valence-corrected chi connectivity index (χ0v) is 20.6. The van der Waals surface area contributed by atoms with Gasteiger partial charge in [-0.3, -0.25) is 19.3 Å². The van der Waals surface area contributed by atoms with Gasteiger partial charge in [0.1, 0.15) is 21.9 Å². The van der Waals surface area contributed by atoms with Crippen molar-refractivity contribution in [1.29, 1.82) is 0 Å². The maximum atomic E-state index is 13.9. The van der Waals surface area contributed by atoms with E-state index in [0.717, 1.165) is 16.9 Å². The van der Waals surface area contributed by atoms with Crippen LogP contribution >= 0.6 is 12.2 Å². The van der Waals surface area contributed by atoms with Gasteiger partial charge in [0.05, 0.1) is 19.4 Å². The van der Waals surface area contributed by atoms with Crippen LogP contribution in [-0.2, 0) is 38.8 Å². The van der Waals surface area contributed by atoms with Gasteiger partial charge in [-0.1, -0.05) is 30.4 Å². The number of carbonyl (C=O) groups is 5. The average molecular weight is 491 g/mol. The highest BCUT2D eigenvalue weighted by Crippen LogP contribution is 2.54. The van der Waals surface area contributed by atoms with Gasteiger partial charge in [0.2, 0.25) is 5.91 Å². The summed E-state index contributed by atoms with van der Waals surface area (Å²) in [6.07, 6.45) is -1.04. The van der Waals surface area contributed by atoms with Crippen molar-refractivity contribution >= 4 is 52.7 Å². The number of anilines is 1. The van der Waals surface area contributed by atoms with Crippen LogP contribution in [0.5, 0.6) is 0 Å². The Morgan fingerprint density at radius 2 is 1.74 bits per heavy atom. The van der Waals surface area contributed by atoms with Crippen LogP contribution in [0.15, 0.2) is 24.3 Å². The molecular formula is C23H26N2O8S. The number of thiocarbonyl (C=S) groups is 1. The number of rotatable bonds is 3. The van der Waals surface area contributed by atoms with Gasteiger partial charge in [0.15, 0.2) is 6.04 Å². The number of benzene rings is 1. The van der Waals surface area contributed by atoms with Gasteiger partial charge in [-0.15, -0.1) is 0 Å². The van der Waals surface area contributed by atoms with Crippen molar-refractivity contribution < 1.29 is 38.2 Å². The fraction of sp³-hybridized carbons (Fsp3) is 0.478. The number of nitrogens with zero attached hydrogens (tertiary/aromatic N) is 2. The summed E-state index contributed by atoms with van der Waals surface area (Å²) in [5, 5.41) is 0. The number of hydrogen-bond acceptors (Lipinski definition) is 9. The van der Waals surface area contributed by atoms with Gasteiger partial charge in [-0.2, -0.15) is 0 Å². The fourth-order valence-corrected chi connectivity index (χ4v) is 4.98. The Morgan fingerprint density at radius 1 is 1.12 bits per heavy atom. The summed E-state index contributed by atoms with van der Waals surface area (Å²) in [6, 6.07) is 4.61. The number of ether oxygens (including phenoxy) is 3. The molecule has 182 valence electrons. The number of para-hydroxylation sites is 1. The van der Waals surface area contributed by atoms with E-state index in [-0.39, 0.29) is 22.8 Å². The lowest BCUT2D eigenvalue weighted by molar-refractivity contribution is -0.159. The molecular weight excluding hydrogens is 464 g/mol. The second-order valence-corrected chi connectivity index (χ2v) is 9.22. The van der Waals surface area contributed by atoms with Crippen LogP contribution in [0.4, 0.5) is 10.5 Å². The molecule has 1 aromatic rings. The molecule has 3 amide bonds. The lowest BCUT2D eigenvalue weighted by Gasteiger charge is -2.28. The number of esters is 2. The quantitative estimate of drug-likeness (QED) is 0.356. The predicted molar refractivity (Wildman–Crippen MR) is 123 cm³/mol. The Kier molecular flexibility index (Phi) is 6.53. The van der Waals surface area contributed by atoms with E-state index >= 15 is 0 Å². The molecule has 1 spiro atoms. The Balaban J connectivity index is 2.37. The Bertz CT molecular complexity index is 1090. The summed E-state index contributed by atoms with van der Waals surface area (Å²) in [6.45, 7) is 7.53. The SMILES string of the molecule is CCOC(=O)[C@@H]1[C@@H](C(=O)OC)N(C(=O)OC(C)(C)C)C(=S)[C@]12C(=O)N(C(C)=O)c1ccccc12. The average Bonchev–Trinajstić information content (AvgIpc) is 3.17. The first-order valence-electron chi connectivity index (χ1n) is 10.6. The van der Waals surface area contributed by atoms with E-state index in [4.69, 9.17) is 26.4 Å². The lowest BCUT2D eigenvalue weighted by atomic mass is 9.71. The van der Waals surface area contributed by atoms with E-state index in [9.17, 15) is 24.0 Å². The molecule has 0 N–H and O–H groups in total. The molecule has 10 nitrogen and oxygen atoms in total. The Hall–Kier alpha value is -3.34. The summed E-state index contributed by atoms with van der Waals surface area (Å²) in [7, 11) is 1.08. The van der Waals surface area contributed by atoms with E-state index in [2.05, 4.69) is 0 Å². The zero-order chi connectivity index (χ0) is 25.6. The van der Waals surface area contributed by atoms with Crippen LogP contribution in [0.1, 0.15) is 40.2 Å². The molecule has 0 aromatic heterocycles. The lowest BCUT2D eigenvalue weighted by Crippen LogP contribution is -2.53. The second kappa shape index (κ2) is 8.79. The van der Waals surface area contributed by atoms with Crippen molar-refractivity contribution in [2.24, 2.45) is 5.92 Å². The third-order valence-electron chi connectivity index (χ3n) is 5.62. The van der Waals surface area contributed by atoms with Crippen LogP contribution in [-0.4, -0.2) is 65.1 Å². The number of imide groups is 1. The first kappa shape index (κ1) is 25.3. The Morgan fingerprint density at radius 3 is 2.26 bits per heavy atom. The molecule has 2 heterocycles. The molecule has 1 saturated heterocycles. The van der Waals surface area contributed by atoms with Crippen molar-refractivity contribution in [1.82, 2.24) is 4.90 Å². The van der Waals surface area contributed by atoms with Gasteiger partial charge < -0.3 is 14.2 Å². The van der Waals surface area contributed by atoms with Gasteiger partial charge in [-0.25, -0.2) is 14.5 Å². The number of likely N-dealkylation sites (tertiary alicyclic amines) is 1. The van der Waals surface area contributed by atoms with E-state index in [1.807, 2.05) is 0 Å². The molecule has 3 rings (SSSR count). The zero-order valence-electron chi connectivity index (χ0n) is 19.7. The van der Waals surface area contributed by atoms with Gasteiger partial charge in [0, 0.05) is 6.92 Å². The maximum absolute atomic E-state index is 13.9. The van der Waals surface area contributed by atoms with Gasteiger partial charge in [-0.05, 0) is 39.3 Å². The van der Waals surface area contributed by atoms with Crippen molar-refractivity contribution in [2.75, 3.05) is 18.6 Å². The molecule has 2 aliphatic rings. The van der Waals surface area contributed by atoms with Crippen molar-refractivity contribution in [3.05, 3.63) is 29.8 Å². The molecule has 3 atom stereocenters. The molecule has 0 aliphatic carbocycles. The minimum absolute atomic E-state index is 0.0647. The summed E-state index contributed by atoms with van der Waals surface area (Å²) in [4.78, 5) is 67.4. The highest BCUT2D eigenvalue weighted by molar-refractivity contribution is 7.80. The van der Waals surface area contributed by atoms with Crippen molar-refractivity contribution in [3.8, 4) is 0 Å². The van der Waals surface area contributed by atoms with E-state index in [1.165, 1.54) is 19.1 Å². The van der Waals surface area contributed by atoms with E-state index in [0.29, 0.717) is 0 Å². The topological polar surface area (TPSA) is 120 Å². The second-order valence-electron chi connectivity index (χ2n) is 8.84. The smallest absolute Gasteiger partial charge is 0.416 e. The molecule has 11 heteroatoms. The molecule has 1 aromatic carbocycles. The van der Waals surface area contributed by atoms with Crippen LogP contribution in [0.2, 0.25) is 0 Å². The normalized spacial score (nSPS) is 23.7. The number of carbonyl (C=O) groups excluding carboxylic acids is 5. The van der Waals surface area contributed by atoms with Crippen LogP contribution < -0.4 is 4.90 Å². The molecule has 1 fully saturated rings.